The molecule has 23 heavy (non-hydrogen) atoms. The summed E-state index contributed by atoms with van der Waals surface area (Å²) in [7, 11) is -3.14. The molecule has 0 spiro atoms. The summed E-state index contributed by atoms with van der Waals surface area (Å²) in [6.07, 6.45) is 0. The van der Waals surface area contributed by atoms with Gasteiger partial charge >= 0.3 is 8.25 Å². The van der Waals surface area contributed by atoms with Gasteiger partial charge in [0.25, 0.3) is 0 Å². The van der Waals surface area contributed by atoms with Crippen LogP contribution in [-0.4, -0.2) is 4.89 Å². The molecule has 0 saturated carbocycles. The Labute approximate surface area is 139 Å². The molecule has 1 atom stereocenters. The first-order valence-electron chi connectivity index (χ1n) is 6.91. The van der Waals surface area contributed by atoms with Crippen molar-refractivity contribution in [3.8, 4) is 0 Å². The van der Waals surface area contributed by atoms with Crippen LogP contribution in [0.2, 0.25) is 0 Å². The first-order valence-corrected chi connectivity index (χ1v) is 9.26. The zero-order valence-electron chi connectivity index (χ0n) is 12.3. The van der Waals surface area contributed by atoms with Gasteiger partial charge in [-0.15, -0.1) is 0 Å². The van der Waals surface area contributed by atoms with E-state index in [4.69, 9.17) is 14.4 Å². The summed E-state index contributed by atoms with van der Waals surface area (Å²) in [6, 6.07) is 32.2. The second-order valence-corrected chi connectivity index (χ2v) is 6.99. The van der Waals surface area contributed by atoms with Crippen LogP contribution >= 0.6 is 8.25 Å². The molecule has 0 saturated heterocycles. The summed E-state index contributed by atoms with van der Waals surface area (Å²) in [6.45, 7) is 0. The van der Waals surface area contributed by atoms with Gasteiger partial charge in [-0.25, -0.2) is 0 Å². The molecule has 0 fully saturated rings. The van der Waals surface area contributed by atoms with Crippen LogP contribution in [-0.2, 0) is 15.5 Å². The van der Waals surface area contributed by atoms with Gasteiger partial charge in [0, 0.05) is 0 Å². The molecular weight excluding hydrogens is 327 g/mol. The van der Waals surface area contributed by atoms with Crippen molar-refractivity contribution in [2.24, 2.45) is 0 Å². The number of hydrogen-bond acceptors (Lipinski definition) is 2. The van der Waals surface area contributed by atoms with Gasteiger partial charge < -0.3 is 4.89 Å². The Bertz CT molecular complexity index is 623. The third-order valence-corrected chi connectivity index (χ3v) is 5.17. The largest absolute Gasteiger partial charge is 0.567 e. The highest BCUT2D eigenvalue weighted by molar-refractivity contribution is 7.97. The summed E-state index contributed by atoms with van der Waals surface area (Å²) in [4.78, 5) is 19.7. The molecule has 0 bridgehead atoms. The van der Waals surface area contributed by atoms with E-state index in [-0.39, 0.29) is 10.9 Å². The Morgan fingerprint density at radius 1 is 0.652 bits per heavy atom. The highest BCUT2D eigenvalue weighted by Gasteiger charge is 2.27. The van der Waals surface area contributed by atoms with Crippen LogP contribution in [0.1, 0.15) is 0 Å². The molecule has 0 aromatic heterocycles. The maximum absolute atomic E-state index is 8.59. The maximum Gasteiger partial charge on any atom is 0.485 e. The molecule has 0 aliphatic heterocycles. The Balaban J connectivity index is 0.000000433. The van der Waals surface area contributed by atoms with Crippen molar-refractivity contribution in [3.05, 3.63) is 91.0 Å². The Hall–Kier alpha value is -1.97. The van der Waals surface area contributed by atoms with E-state index >= 15 is 0 Å². The van der Waals surface area contributed by atoms with Crippen LogP contribution in [0.3, 0.4) is 0 Å². The maximum atomic E-state index is 8.59. The van der Waals surface area contributed by atoms with Gasteiger partial charge in [-0.2, -0.15) is 4.89 Å². The fourth-order valence-corrected chi connectivity index (χ4v) is 4.18. The average Bonchev–Trinajstić information content (AvgIpc) is 2.58. The van der Waals surface area contributed by atoms with Crippen molar-refractivity contribution in [1.82, 2.24) is 0 Å². The first kappa shape index (κ1) is 17.4. The zero-order chi connectivity index (χ0) is 16.5. The van der Waals surface area contributed by atoms with Crippen LogP contribution in [0.15, 0.2) is 106 Å². The Morgan fingerprint density at radius 3 is 1.09 bits per heavy atom. The van der Waals surface area contributed by atoms with E-state index in [9.17, 15) is 0 Å². The predicted octanol–water partition coefficient (Wildman–Crippen LogP) is 3.78. The van der Waals surface area contributed by atoms with Crippen LogP contribution in [0.4, 0.5) is 0 Å². The lowest BCUT2D eigenvalue weighted by Crippen LogP contribution is -2.04. The molecular formula is C18H16O3PS+. The normalized spacial score (nSPS) is 10.7. The van der Waals surface area contributed by atoms with Gasteiger partial charge in [0.05, 0.1) is 10.9 Å². The molecule has 0 aliphatic carbocycles. The summed E-state index contributed by atoms with van der Waals surface area (Å²) < 4.78 is 8.59. The molecule has 0 aliphatic rings. The summed E-state index contributed by atoms with van der Waals surface area (Å²) in [5.41, 5.74) is 0. The van der Waals surface area contributed by atoms with Crippen molar-refractivity contribution >= 4 is 19.1 Å². The van der Waals surface area contributed by atoms with Gasteiger partial charge in [0.15, 0.2) is 14.7 Å². The lowest BCUT2D eigenvalue weighted by atomic mass is 10.4. The highest BCUT2D eigenvalue weighted by Crippen LogP contribution is 2.30. The fourth-order valence-electron chi connectivity index (χ4n) is 2.08. The molecule has 3 nitrogen and oxygen atoms in total. The standard InChI is InChI=1S/C18H15S.HO3P/c1-4-10-16(11-5-1)19(17-12-6-2-7-13-17)18-14-8-3-9-15-18;1-4(2)3/h1-15H;(H,1,2,3)/q+1;. The van der Waals surface area contributed by atoms with Crippen molar-refractivity contribution in [3.63, 3.8) is 0 Å². The second-order valence-electron chi connectivity index (χ2n) is 4.48. The molecule has 116 valence electrons. The van der Waals surface area contributed by atoms with E-state index in [1.54, 1.807) is 0 Å². The zero-order valence-corrected chi connectivity index (χ0v) is 14.0. The minimum absolute atomic E-state index is 0.0146. The molecule has 0 heterocycles. The average molecular weight is 343 g/mol. The minimum atomic E-state index is -3.12. The Morgan fingerprint density at radius 2 is 0.870 bits per heavy atom. The summed E-state index contributed by atoms with van der Waals surface area (Å²) in [5, 5.41) is 0. The van der Waals surface area contributed by atoms with Crippen LogP contribution < -0.4 is 4.89 Å². The van der Waals surface area contributed by atoms with Gasteiger partial charge in [-0.1, -0.05) is 54.6 Å². The number of rotatable bonds is 3. The fraction of sp³-hybridized carbons (Fsp3) is 0. The quantitative estimate of drug-likeness (QED) is 0.581. The van der Waals surface area contributed by atoms with E-state index in [2.05, 4.69) is 91.0 Å². The van der Waals surface area contributed by atoms with Gasteiger partial charge in [0.2, 0.25) is 0 Å². The van der Waals surface area contributed by atoms with Crippen molar-refractivity contribution in [2.45, 2.75) is 14.7 Å². The molecule has 1 unspecified atom stereocenters. The van der Waals surface area contributed by atoms with Crippen LogP contribution in [0, 0.1) is 0 Å². The van der Waals surface area contributed by atoms with Crippen molar-refractivity contribution < 1.29 is 14.4 Å². The smallest absolute Gasteiger partial charge is 0.485 e. The van der Waals surface area contributed by atoms with Crippen LogP contribution in [0.5, 0.6) is 0 Å². The van der Waals surface area contributed by atoms with Gasteiger partial charge in [-0.05, 0) is 41.0 Å². The van der Waals surface area contributed by atoms with Gasteiger partial charge in [-0.3, -0.25) is 0 Å². The van der Waals surface area contributed by atoms with E-state index in [0.717, 1.165) is 0 Å². The molecule has 5 heteroatoms. The van der Waals surface area contributed by atoms with E-state index in [0.29, 0.717) is 0 Å². The van der Waals surface area contributed by atoms with Crippen molar-refractivity contribution in [1.29, 1.82) is 0 Å². The van der Waals surface area contributed by atoms with E-state index in [1.165, 1.54) is 14.7 Å². The van der Waals surface area contributed by atoms with E-state index < -0.39 is 8.25 Å². The number of benzene rings is 3. The lowest BCUT2D eigenvalue weighted by Gasteiger charge is -2.07. The minimum Gasteiger partial charge on any atom is -0.567 e. The molecule has 0 radical (unpaired) electrons. The van der Waals surface area contributed by atoms with Crippen LogP contribution in [0.25, 0.3) is 0 Å². The molecule has 3 aromatic rings. The Kier molecular flexibility index (Phi) is 6.98. The monoisotopic (exact) mass is 343 g/mol. The van der Waals surface area contributed by atoms with E-state index in [1.807, 2.05) is 0 Å². The predicted molar refractivity (Wildman–Crippen MR) is 91.3 cm³/mol. The second kappa shape index (κ2) is 9.23. The van der Waals surface area contributed by atoms with Crippen molar-refractivity contribution in [2.75, 3.05) is 0 Å². The first-order chi connectivity index (χ1) is 11.2. The summed E-state index contributed by atoms with van der Waals surface area (Å²) in [5.74, 6) is 0. The molecule has 3 rings (SSSR count). The summed E-state index contributed by atoms with van der Waals surface area (Å²) >= 11 is 0. The highest BCUT2D eigenvalue weighted by atomic mass is 32.2. The molecule has 0 amide bonds. The molecule has 1 N–H and O–H groups in total. The SMILES string of the molecule is O=[P+]([O-])O.c1ccc([S+](c2ccccc2)c2ccccc2)cc1. The third-order valence-electron chi connectivity index (χ3n) is 2.94. The topological polar surface area (TPSA) is 60.4 Å². The third kappa shape index (κ3) is 5.62. The molecule has 3 aromatic carbocycles. The lowest BCUT2D eigenvalue weighted by molar-refractivity contribution is -0.180. The number of hydrogen-bond donors (Lipinski definition) is 1. The van der Waals surface area contributed by atoms with Gasteiger partial charge in [0.1, 0.15) is 0 Å².